The number of azo groups is 1. The van der Waals surface area contributed by atoms with E-state index < -0.39 is 5.91 Å². The molecule has 2 amide bonds. The van der Waals surface area contributed by atoms with Crippen molar-refractivity contribution in [1.82, 2.24) is 4.98 Å². The molecule has 1 aromatic heterocycles. The standard InChI is InChI=1S/C39H28ClN7O2/c1-25-41-35(24-33-32-14-8-9-15-34(32)42-36(33)26-10-4-2-5-11-26)39(49)47(25)31-22-16-28(17-23-31)38(48)46-45-37(27-12-6-3-7-13-27)44-43-30-20-18-29(40)19-21-30/h2-24,42-43H,1H3/b35-24-,44-37+,46-45?. The number of benzene rings is 5. The van der Waals surface area contributed by atoms with Crippen LogP contribution in [0.4, 0.5) is 11.4 Å². The van der Waals surface area contributed by atoms with Gasteiger partial charge in [0, 0.05) is 32.6 Å². The number of aliphatic imine (C=N–C) groups is 1. The van der Waals surface area contributed by atoms with Gasteiger partial charge in [-0.15, -0.1) is 10.2 Å². The predicted octanol–water partition coefficient (Wildman–Crippen LogP) is 9.36. The summed E-state index contributed by atoms with van der Waals surface area (Å²) in [4.78, 5) is 36.5. The highest BCUT2D eigenvalue weighted by Crippen LogP contribution is 2.34. The highest BCUT2D eigenvalue weighted by atomic mass is 35.5. The summed E-state index contributed by atoms with van der Waals surface area (Å²) in [6.45, 7) is 1.78. The number of carbonyl (C=O) groups is 2. The monoisotopic (exact) mass is 661 g/mol. The van der Waals surface area contributed by atoms with Crippen LogP contribution in [-0.4, -0.2) is 28.5 Å². The first-order valence-electron chi connectivity index (χ1n) is 15.4. The van der Waals surface area contributed by atoms with Crippen molar-refractivity contribution < 1.29 is 9.59 Å². The molecule has 10 heteroatoms. The lowest BCUT2D eigenvalue weighted by Crippen LogP contribution is -2.30. The van der Waals surface area contributed by atoms with Crippen molar-refractivity contribution in [2.45, 2.75) is 6.92 Å². The smallest absolute Gasteiger partial charge is 0.295 e. The van der Waals surface area contributed by atoms with E-state index in [9.17, 15) is 9.59 Å². The third-order valence-electron chi connectivity index (χ3n) is 7.89. The maximum Gasteiger partial charge on any atom is 0.295 e. The molecule has 0 radical (unpaired) electrons. The maximum atomic E-state index is 13.7. The molecule has 49 heavy (non-hydrogen) atoms. The van der Waals surface area contributed by atoms with E-state index in [-0.39, 0.29) is 11.7 Å². The Hall–Kier alpha value is -6.45. The lowest BCUT2D eigenvalue weighted by molar-refractivity contribution is -0.113. The Labute approximate surface area is 287 Å². The van der Waals surface area contributed by atoms with Gasteiger partial charge in [-0.1, -0.05) is 90.5 Å². The zero-order chi connectivity index (χ0) is 33.7. The van der Waals surface area contributed by atoms with Crippen LogP contribution in [0.1, 0.15) is 28.4 Å². The molecule has 1 aliphatic rings. The molecule has 0 fully saturated rings. The van der Waals surface area contributed by atoms with Crippen molar-refractivity contribution in [2.75, 3.05) is 10.3 Å². The molecular formula is C39H28ClN7O2. The van der Waals surface area contributed by atoms with Crippen molar-refractivity contribution in [3.8, 4) is 11.3 Å². The number of carbonyl (C=O) groups excluding carboxylic acids is 2. The second-order valence-electron chi connectivity index (χ2n) is 11.1. The van der Waals surface area contributed by atoms with E-state index in [1.807, 2.05) is 91.0 Å². The number of hydrogen-bond donors (Lipinski definition) is 2. The maximum absolute atomic E-state index is 13.7. The van der Waals surface area contributed by atoms with Crippen LogP contribution in [0.5, 0.6) is 0 Å². The van der Waals surface area contributed by atoms with Crippen LogP contribution in [0, 0.1) is 0 Å². The fourth-order valence-electron chi connectivity index (χ4n) is 5.49. The number of nitrogens with one attached hydrogen (secondary N) is 2. The topological polar surface area (TPSA) is 115 Å². The fraction of sp³-hybridized carbons (Fsp3) is 0.0256. The number of H-pyrrole nitrogens is 1. The van der Waals surface area contributed by atoms with Crippen molar-refractivity contribution in [3.05, 3.63) is 161 Å². The van der Waals surface area contributed by atoms with E-state index in [1.54, 1.807) is 55.5 Å². The molecule has 238 valence electrons. The van der Waals surface area contributed by atoms with Gasteiger partial charge in [0.1, 0.15) is 11.5 Å². The first-order valence-corrected chi connectivity index (χ1v) is 15.8. The van der Waals surface area contributed by atoms with E-state index in [0.29, 0.717) is 39.1 Å². The molecule has 0 bridgehead atoms. The molecule has 0 unspecified atom stereocenters. The first kappa shape index (κ1) is 31.2. The van der Waals surface area contributed by atoms with E-state index in [4.69, 9.17) is 11.6 Å². The lowest BCUT2D eigenvalue weighted by atomic mass is 10.0. The van der Waals surface area contributed by atoms with Gasteiger partial charge in [-0.2, -0.15) is 5.10 Å². The number of hydrazone groups is 1. The normalized spacial score (nSPS) is 14.2. The van der Waals surface area contributed by atoms with E-state index in [1.165, 1.54) is 4.90 Å². The Kier molecular flexibility index (Phi) is 8.73. The number of halogens is 1. The fourth-order valence-corrected chi connectivity index (χ4v) is 5.62. The summed E-state index contributed by atoms with van der Waals surface area (Å²) in [5.41, 5.74) is 9.25. The highest BCUT2D eigenvalue weighted by molar-refractivity contribution is 6.30. The van der Waals surface area contributed by atoms with Gasteiger partial charge in [-0.05, 0) is 73.2 Å². The third-order valence-corrected chi connectivity index (χ3v) is 8.14. The SMILES string of the molecule is CC1=N/C(=C\c2c(-c3ccccc3)[nH]c3ccccc23)C(=O)N1c1ccc(C(=O)N=N/C(=N/Nc2ccc(Cl)cc2)c2ccccc2)cc1. The molecule has 0 atom stereocenters. The van der Waals surface area contributed by atoms with Crippen molar-refractivity contribution in [2.24, 2.45) is 20.3 Å². The van der Waals surface area contributed by atoms with Crippen molar-refractivity contribution in [3.63, 3.8) is 0 Å². The number of anilines is 2. The summed E-state index contributed by atoms with van der Waals surface area (Å²) in [7, 11) is 0. The van der Waals surface area contributed by atoms with Gasteiger partial charge in [0.25, 0.3) is 11.8 Å². The minimum atomic E-state index is -0.562. The summed E-state index contributed by atoms with van der Waals surface area (Å²) in [6, 6.07) is 40.8. The summed E-state index contributed by atoms with van der Waals surface area (Å²) in [5, 5.41) is 14.1. The molecular weight excluding hydrogens is 634 g/mol. The largest absolute Gasteiger partial charge is 0.354 e. The van der Waals surface area contributed by atoms with E-state index in [2.05, 4.69) is 30.7 Å². The predicted molar refractivity (Wildman–Crippen MR) is 196 cm³/mol. The number of amides is 2. The minimum absolute atomic E-state index is 0.222. The zero-order valence-electron chi connectivity index (χ0n) is 26.2. The van der Waals surface area contributed by atoms with Gasteiger partial charge >= 0.3 is 0 Å². The number of para-hydroxylation sites is 1. The first-order chi connectivity index (χ1) is 23.9. The van der Waals surface area contributed by atoms with E-state index in [0.717, 1.165) is 27.7 Å². The quantitative estimate of drug-likeness (QED) is 0.0584. The number of nitrogens with zero attached hydrogens (tertiary/aromatic N) is 5. The number of aromatic nitrogens is 1. The van der Waals surface area contributed by atoms with E-state index >= 15 is 0 Å². The van der Waals surface area contributed by atoms with Crippen molar-refractivity contribution in [1.29, 1.82) is 0 Å². The van der Waals surface area contributed by atoms with Crippen LogP contribution < -0.4 is 10.3 Å². The van der Waals surface area contributed by atoms with Gasteiger partial charge in [-0.3, -0.25) is 19.9 Å². The van der Waals surface area contributed by atoms with Gasteiger partial charge in [0.2, 0.25) is 5.84 Å². The number of rotatable bonds is 7. The van der Waals surface area contributed by atoms with Crippen LogP contribution in [-0.2, 0) is 4.79 Å². The summed E-state index contributed by atoms with van der Waals surface area (Å²) < 4.78 is 0. The van der Waals surface area contributed by atoms with Crippen LogP contribution in [0.15, 0.2) is 159 Å². The van der Waals surface area contributed by atoms with Gasteiger partial charge < -0.3 is 4.98 Å². The molecule has 0 spiro atoms. The molecule has 0 aliphatic carbocycles. The lowest BCUT2D eigenvalue weighted by Gasteiger charge is -2.16. The molecule has 5 aromatic carbocycles. The Morgan fingerprint density at radius 1 is 0.796 bits per heavy atom. The summed E-state index contributed by atoms with van der Waals surface area (Å²) >= 11 is 5.98. The number of aromatic amines is 1. The molecule has 0 saturated heterocycles. The average molecular weight is 662 g/mol. The molecule has 1 aliphatic heterocycles. The molecule has 2 N–H and O–H groups in total. The number of fused-ring (bicyclic) bond motifs is 1. The van der Waals surface area contributed by atoms with Crippen molar-refractivity contribution >= 4 is 63.4 Å². The summed E-state index contributed by atoms with van der Waals surface area (Å²) in [5.74, 6) is -0.0846. The van der Waals surface area contributed by atoms with Crippen LogP contribution >= 0.6 is 11.6 Å². The third kappa shape index (κ3) is 6.69. The zero-order valence-corrected chi connectivity index (χ0v) is 27.0. The number of amidine groups is 2. The summed E-state index contributed by atoms with van der Waals surface area (Å²) in [6.07, 6.45) is 1.83. The highest BCUT2D eigenvalue weighted by Gasteiger charge is 2.30. The number of hydrogen-bond acceptors (Lipinski definition) is 5. The Balaban J connectivity index is 1.11. The minimum Gasteiger partial charge on any atom is -0.354 e. The second kappa shape index (κ2) is 13.7. The van der Waals surface area contributed by atoms with Gasteiger partial charge in [0.05, 0.1) is 17.1 Å². The Morgan fingerprint density at radius 2 is 1.47 bits per heavy atom. The van der Waals surface area contributed by atoms with Crippen LogP contribution in [0.3, 0.4) is 0 Å². The Bertz CT molecular complexity index is 2290. The van der Waals surface area contributed by atoms with Gasteiger partial charge in [0.15, 0.2) is 0 Å². The average Bonchev–Trinajstić information content (AvgIpc) is 3.65. The molecule has 0 saturated carbocycles. The Morgan fingerprint density at radius 3 is 2.20 bits per heavy atom. The molecule has 9 nitrogen and oxygen atoms in total. The molecule has 2 heterocycles. The van der Waals surface area contributed by atoms with Crippen LogP contribution in [0.25, 0.3) is 28.2 Å². The molecule has 6 aromatic rings. The van der Waals surface area contributed by atoms with Crippen LogP contribution in [0.2, 0.25) is 5.02 Å². The second-order valence-corrected chi connectivity index (χ2v) is 11.6. The molecule has 7 rings (SSSR count). The van der Waals surface area contributed by atoms with Gasteiger partial charge in [-0.25, -0.2) is 4.99 Å².